The summed E-state index contributed by atoms with van der Waals surface area (Å²) in [5.74, 6) is -0.775. The Balaban J connectivity index is 1.81. The smallest absolute Gasteiger partial charge is 0.317 e. The van der Waals surface area contributed by atoms with Crippen molar-refractivity contribution in [1.82, 2.24) is 19.7 Å². The molecule has 0 aromatic carbocycles. The van der Waals surface area contributed by atoms with Crippen LogP contribution in [0.15, 0.2) is 18.2 Å². The van der Waals surface area contributed by atoms with Gasteiger partial charge in [0.1, 0.15) is 0 Å². The van der Waals surface area contributed by atoms with Crippen LogP contribution in [0, 0.1) is 0 Å². The Morgan fingerprint density at radius 2 is 1.62 bits per heavy atom. The number of hydrogen-bond donors (Lipinski definition) is 1. The van der Waals surface area contributed by atoms with Gasteiger partial charge in [0.05, 0.1) is 17.9 Å². The monoisotopic (exact) mass is 290 g/mol. The van der Waals surface area contributed by atoms with E-state index in [-0.39, 0.29) is 6.54 Å². The highest BCUT2D eigenvalue weighted by Gasteiger charge is 2.20. The van der Waals surface area contributed by atoms with Crippen LogP contribution in [0.3, 0.4) is 0 Å². The molecule has 1 aromatic rings. The molecule has 1 saturated heterocycles. The first-order valence-electron chi connectivity index (χ1n) is 7.53. The van der Waals surface area contributed by atoms with Crippen LogP contribution in [0.5, 0.6) is 0 Å². The highest BCUT2D eigenvalue weighted by molar-refractivity contribution is 5.69. The second-order valence-corrected chi connectivity index (χ2v) is 5.84. The molecule has 4 bridgehead atoms. The summed E-state index contributed by atoms with van der Waals surface area (Å²) in [5, 5.41) is 9.08. The number of carboxylic acid groups (broad SMARTS) is 1. The third kappa shape index (κ3) is 4.00. The summed E-state index contributed by atoms with van der Waals surface area (Å²) in [6.45, 7) is 7.51. The van der Waals surface area contributed by atoms with Gasteiger partial charge in [-0.15, -0.1) is 0 Å². The molecule has 4 rings (SSSR count). The number of carbonyl (C=O) groups is 1. The third-order valence-corrected chi connectivity index (χ3v) is 4.19. The predicted molar refractivity (Wildman–Crippen MR) is 78.9 cm³/mol. The van der Waals surface area contributed by atoms with Gasteiger partial charge in [-0.2, -0.15) is 0 Å². The van der Waals surface area contributed by atoms with Crippen LogP contribution in [0.4, 0.5) is 0 Å². The summed E-state index contributed by atoms with van der Waals surface area (Å²) in [7, 11) is 0. The van der Waals surface area contributed by atoms with E-state index in [0.717, 1.165) is 57.2 Å². The molecule has 6 heteroatoms. The second-order valence-electron chi connectivity index (χ2n) is 5.84. The normalized spacial score (nSPS) is 26.9. The van der Waals surface area contributed by atoms with E-state index >= 15 is 0 Å². The van der Waals surface area contributed by atoms with Crippen molar-refractivity contribution in [2.45, 2.75) is 13.1 Å². The maximum absolute atomic E-state index is 11.0. The van der Waals surface area contributed by atoms with Gasteiger partial charge < -0.3 is 5.11 Å². The van der Waals surface area contributed by atoms with E-state index in [9.17, 15) is 4.79 Å². The average molecular weight is 290 g/mol. The lowest BCUT2D eigenvalue weighted by molar-refractivity contribution is -0.138. The minimum absolute atomic E-state index is 0.0753. The van der Waals surface area contributed by atoms with Crippen LogP contribution in [0.2, 0.25) is 0 Å². The van der Waals surface area contributed by atoms with Crippen LogP contribution in [-0.2, 0) is 17.9 Å². The van der Waals surface area contributed by atoms with Crippen molar-refractivity contribution in [2.75, 3.05) is 45.8 Å². The predicted octanol–water partition coefficient (Wildman–Crippen LogP) is 0.0994. The molecule has 0 radical (unpaired) electrons. The van der Waals surface area contributed by atoms with Gasteiger partial charge in [0.2, 0.25) is 0 Å². The summed E-state index contributed by atoms with van der Waals surface area (Å²) in [6, 6.07) is 6.07. The van der Waals surface area contributed by atoms with Crippen molar-refractivity contribution >= 4 is 5.97 Å². The Labute approximate surface area is 125 Å². The Hall–Kier alpha value is -1.50. The Kier molecular flexibility index (Phi) is 4.48. The Morgan fingerprint density at radius 1 is 1.00 bits per heavy atom. The standard InChI is InChI=1S/C15H22N4O2/c20-15(21)12-19-9-6-17-4-7-18(8-5-17)10-13-2-1-3-14(11-19)16-13/h1-3H,4-12H2,(H,20,21). The van der Waals surface area contributed by atoms with Crippen molar-refractivity contribution in [3.8, 4) is 0 Å². The van der Waals surface area contributed by atoms with E-state index in [4.69, 9.17) is 5.11 Å². The van der Waals surface area contributed by atoms with Crippen molar-refractivity contribution in [2.24, 2.45) is 0 Å². The number of piperazine rings is 1. The van der Waals surface area contributed by atoms with Gasteiger partial charge in [0, 0.05) is 52.4 Å². The number of aliphatic carboxylic acids is 1. The summed E-state index contributed by atoms with van der Waals surface area (Å²) >= 11 is 0. The lowest BCUT2D eigenvalue weighted by Gasteiger charge is -2.36. The third-order valence-electron chi connectivity index (χ3n) is 4.19. The molecule has 114 valence electrons. The van der Waals surface area contributed by atoms with Gasteiger partial charge >= 0.3 is 5.97 Å². The summed E-state index contributed by atoms with van der Waals surface area (Å²) in [4.78, 5) is 22.6. The summed E-state index contributed by atoms with van der Waals surface area (Å²) < 4.78 is 0. The van der Waals surface area contributed by atoms with E-state index in [1.807, 2.05) is 17.0 Å². The number of carboxylic acids is 1. The molecule has 0 amide bonds. The quantitative estimate of drug-likeness (QED) is 0.833. The fourth-order valence-electron chi connectivity index (χ4n) is 3.02. The van der Waals surface area contributed by atoms with Gasteiger partial charge in [0.15, 0.2) is 0 Å². The van der Waals surface area contributed by atoms with E-state index < -0.39 is 5.97 Å². The number of rotatable bonds is 2. The minimum atomic E-state index is -0.775. The van der Waals surface area contributed by atoms with Gasteiger partial charge in [-0.25, -0.2) is 0 Å². The minimum Gasteiger partial charge on any atom is -0.480 e. The first kappa shape index (κ1) is 14.4. The maximum Gasteiger partial charge on any atom is 0.317 e. The van der Waals surface area contributed by atoms with E-state index in [2.05, 4.69) is 20.9 Å². The fraction of sp³-hybridized carbons (Fsp3) is 0.600. The number of fused-ring (bicyclic) bond motifs is 5. The van der Waals surface area contributed by atoms with Crippen molar-refractivity contribution in [3.63, 3.8) is 0 Å². The highest BCUT2D eigenvalue weighted by Crippen LogP contribution is 2.11. The number of hydrogen-bond acceptors (Lipinski definition) is 5. The van der Waals surface area contributed by atoms with Gasteiger partial charge in [0.25, 0.3) is 0 Å². The topological polar surface area (TPSA) is 59.9 Å². The molecule has 6 nitrogen and oxygen atoms in total. The molecule has 1 aromatic heterocycles. The molecule has 1 N–H and O–H groups in total. The molecular formula is C15H22N4O2. The number of pyridine rings is 1. The van der Waals surface area contributed by atoms with Crippen molar-refractivity contribution < 1.29 is 9.90 Å². The Bertz CT molecular complexity index is 500. The van der Waals surface area contributed by atoms with Gasteiger partial charge in [-0.3, -0.25) is 24.5 Å². The van der Waals surface area contributed by atoms with Crippen LogP contribution in [0.1, 0.15) is 11.4 Å². The van der Waals surface area contributed by atoms with E-state index in [1.54, 1.807) is 0 Å². The summed E-state index contributed by atoms with van der Waals surface area (Å²) in [6.07, 6.45) is 0. The molecule has 3 aliphatic heterocycles. The molecule has 21 heavy (non-hydrogen) atoms. The van der Waals surface area contributed by atoms with Gasteiger partial charge in [-0.05, 0) is 12.1 Å². The van der Waals surface area contributed by atoms with E-state index in [0.29, 0.717) is 6.54 Å². The molecule has 3 aliphatic rings. The molecule has 0 aliphatic carbocycles. The molecule has 4 heterocycles. The van der Waals surface area contributed by atoms with Crippen LogP contribution < -0.4 is 0 Å². The van der Waals surface area contributed by atoms with Gasteiger partial charge in [-0.1, -0.05) is 6.07 Å². The van der Waals surface area contributed by atoms with Crippen LogP contribution in [-0.4, -0.2) is 76.6 Å². The molecule has 0 unspecified atom stereocenters. The molecule has 1 fully saturated rings. The zero-order valence-electron chi connectivity index (χ0n) is 12.2. The zero-order chi connectivity index (χ0) is 14.7. The van der Waals surface area contributed by atoms with Crippen molar-refractivity contribution in [3.05, 3.63) is 29.6 Å². The maximum atomic E-state index is 11.0. The number of nitrogens with zero attached hydrogens (tertiary/aromatic N) is 4. The average Bonchev–Trinajstić information content (AvgIpc) is 2.45. The highest BCUT2D eigenvalue weighted by atomic mass is 16.4. The largest absolute Gasteiger partial charge is 0.480 e. The lowest BCUT2D eigenvalue weighted by Crippen LogP contribution is -2.48. The molecule has 0 spiro atoms. The second kappa shape index (κ2) is 6.51. The fourth-order valence-corrected chi connectivity index (χ4v) is 3.02. The van der Waals surface area contributed by atoms with E-state index in [1.165, 1.54) is 0 Å². The van der Waals surface area contributed by atoms with Crippen LogP contribution >= 0.6 is 0 Å². The first-order chi connectivity index (χ1) is 10.2. The molecule has 0 atom stereocenters. The Morgan fingerprint density at radius 3 is 2.33 bits per heavy atom. The summed E-state index contributed by atoms with van der Waals surface area (Å²) in [5.41, 5.74) is 2.04. The molecular weight excluding hydrogens is 268 g/mol. The van der Waals surface area contributed by atoms with Crippen LogP contribution in [0.25, 0.3) is 0 Å². The zero-order valence-corrected chi connectivity index (χ0v) is 12.2. The number of aromatic nitrogens is 1. The first-order valence-corrected chi connectivity index (χ1v) is 7.53. The molecule has 0 saturated carbocycles. The van der Waals surface area contributed by atoms with Crippen molar-refractivity contribution in [1.29, 1.82) is 0 Å². The lowest BCUT2D eigenvalue weighted by atomic mass is 10.2. The SMILES string of the molecule is O=C(O)CN1CCN2CCN(CC2)Cc2cccc(n2)C1.